The van der Waals surface area contributed by atoms with Crippen molar-refractivity contribution in [2.45, 2.75) is 20.8 Å². The van der Waals surface area contributed by atoms with Gasteiger partial charge in [0.15, 0.2) is 5.84 Å². The number of nitrogens with zero attached hydrogens (tertiary/aromatic N) is 4. The second kappa shape index (κ2) is 6.03. The summed E-state index contributed by atoms with van der Waals surface area (Å²) < 4.78 is 5.19. The van der Waals surface area contributed by atoms with Gasteiger partial charge in [0.25, 0.3) is 5.90 Å². The Hall–Kier alpha value is -1.85. The minimum atomic E-state index is -0.188. The fourth-order valence-electron chi connectivity index (χ4n) is 1.45. The van der Waals surface area contributed by atoms with Crippen LogP contribution in [0.3, 0.4) is 0 Å². The van der Waals surface area contributed by atoms with Crippen LogP contribution in [0.25, 0.3) is 0 Å². The van der Waals surface area contributed by atoms with Crippen LogP contribution in [0.4, 0.5) is 0 Å². The molecule has 1 rings (SSSR count). The summed E-state index contributed by atoms with van der Waals surface area (Å²) in [6, 6.07) is 0. The third-order valence-corrected chi connectivity index (χ3v) is 2.37. The van der Waals surface area contributed by atoms with E-state index >= 15 is 0 Å². The van der Waals surface area contributed by atoms with Crippen molar-refractivity contribution >= 4 is 17.6 Å². The molecule has 0 unspecified atom stereocenters. The van der Waals surface area contributed by atoms with E-state index in [1.54, 1.807) is 6.20 Å². The third kappa shape index (κ3) is 3.05. The average Bonchev–Trinajstić information content (AvgIpc) is 2.53. The molecule has 1 amide bonds. The van der Waals surface area contributed by atoms with Gasteiger partial charge in [-0.05, 0) is 13.8 Å². The van der Waals surface area contributed by atoms with Gasteiger partial charge in [0.05, 0.1) is 13.3 Å². The zero-order chi connectivity index (χ0) is 12.8. The van der Waals surface area contributed by atoms with Crippen LogP contribution in [0.2, 0.25) is 0 Å². The Morgan fingerprint density at radius 3 is 2.59 bits per heavy atom. The molecule has 0 aromatic heterocycles. The highest BCUT2D eigenvalue weighted by Gasteiger charge is 2.19. The van der Waals surface area contributed by atoms with E-state index < -0.39 is 0 Å². The quantitative estimate of drug-likeness (QED) is 0.721. The van der Waals surface area contributed by atoms with Gasteiger partial charge in [0.1, 0.15) is 0 Å². The minimum Gasteiger partial charge on any atom is -0.477 e. The summed E-state index contributed by atoms with van der Waals surface area (Å²) in [5, 5.41) is 5.32. The zero-order valence-electron chi connectivity index (χ0n) is 10.7. The lowest BCUT2D eigenvalue weighted by Crippen LogP contribution is -2.37. The van der Waals surface area contributed by atoms with Crippen molar-refractivity contribution in [3.05, 3.63) is 12.4 Å². The number of carbonyl (C=O) groups is 1. The number of aliphatic imine (C=N–C) groups is 1. The normalized spacial score (nSPS) is 14.9. The van der Waals surface area contributed by atoms with Crippen molar-refractivity contribution in [3.8, 4) is 0 Å². The van der Waals surface area contributed by atoms with E-state index in [0.29, 0.717) is 11.7 Å². The lowest BCUT2D eigenvalue weighted by molar-refractivity contribution is -0.126. The number of methoxy groups -OCH3 is 1. The molecule has 0 aromatic rings. The molecule has 1 aliphatic rings. The van der Waals surface area contributed by atoms with Crippen molar-refractivity contribution < 1.29 is 9.53 Å². The summed E-state index contributed by atoms with van der Waals surface area (Å²) in [7, 11) is 1.52. The van der Waals surface area contributed by atoms with E-state index in [9.17, 15) is 4.79 Å². The summed E-state index contributed by atoms with van der Waals surface area (Å²) in [6.45, 7) is 7.08. The smallest absolute Gasteiger partial charge is 0.275 e. The molecule has 0 saturated carbocycles. The Kier molecular flexibility index (Phi) is 4.68. The van der Waals surface area contributed by atoms with E-state index in [2.05, 4.69) is 10.1 Å². The molecule has 0 atom stereocenters. The zero-order valence-corrected chi connectivity index (χ0v) is 10.7. The van der Waals surface area contributed by atoms with E-state index in [4.69, 9.17) is 4.74 Å². The van der Waals surface area contributed by atoms with E-state index in [0.717, 1.165) is 13.1 Å². The number of amides is 1. The van der Waals surface area contributed by atoms with Gasteiger partial charge in [0.2, 0.25) is 5.91 Å². The summed E-state index contributed by atoms with van der Waals surface area (Å²) in [5.41, 5.74) is 0. The Morgan fingerprint density at radius 2 is 2.12 bits per heavy atom. The predicted octanol–water partition coefficient (Wildman–Crippen LogP) is 1.02. The molecular formula is C11H18N4O2. The third-order valence-electron chi connectivity index (χ3n) is 2.37. The molecule has 0 aromatic carbocycles. The summed E-state index contributed by atoms with van der Waals surface area (Å²) >= 11 is 0. The highest BCUT2D eigenvalue weighted by atomic mass is 16.5. The topological polar surface area (TPSA) is 57.5 Å². The van der Waals surface area contributed by atoms with Gasteiger partial charge in [-0.3, -0.25) is 4.79 Å². The molecule has 94 valence electrons. The van der Waals surface area contributed by atoms with Gasteiger partial charge in [-0.1, -0.05) is 0 Å². The molecule has 6 heteroatoms. The number of carbonyl (C=O) groups excluding carboxylic acids is 1. The number of amidine groups is 1. The van der Waals surface area contributed by atoms with Crippen LogP contribution in [0.15, 0.2) is 22.5 Å². The lowest BCUT2D eigenvalue weighted by atomic mass is 10.4. The van der Waals surface area contributed by atoms with E-state index in [1.807, 2.05) is 18.7 Å². The number of likely N-dealkylation sites (N-methyl/N-ethyl adjacent to an activating group) is 1. The molecule has 1 heterocycles. The first-order valence-corrected chi connectivity index (χ1v) is 5.56. The van der Waals surface area contributed by atoms with E-state index in [1.165, 1.54) is 25.2 Å². The summed E-state index contributed by atoms with van der Waals surface area (Å²) in [6.07, 6.45) is 3.06. The van der Waals surface area contributed by atoms with Gasteiger partial charge < -0.3 is 9.64 Å². The maximum absolute atomic E-state index is 11.3. The van der Waals surface area contributed by atoms with Crippen molar-refractivity contribution in [2.75, 3.05) is 20.2 Å². The van der Waals surface area contributed by atoms with Gasteiger partial charge in [-0.25, -0.2) is 10.0 Å². The summed E-state index contributed by atoms with van der Waals surface area (Å²) in [5.74, 6) is 0.790. The highest BCUT2D eigenvalue weighted by Crippen LogP contribution is 2.05. The van der Waals surface area contributed by atoms with Crippen LogP contribution >= 0.6 is 0 Å². The number of hydrazone groups is 1. The molecule has 0 saturated heterocycles. The largest absolute Gasteiger partial charge is 0.477 e. The Morgan fingerprint density at radius 1 is 1.47 bits per heavy atom. The maximum Gasteiger partial charge on any atom is 0.275 e. The predicted molar refractivity (Wildman–Crippen MR) is 66.5 cm³/mol. The van der Waals surface area contributed by atoms with Gasteiger partial charge in [-0.15, -0.1) is 5.10 Å². The Labute approximate surface area is 101 Å². The second-order valence-corrected chi connectivity index (χ2v) is 3.40. The first-order chi connectivity index (χ1) is 8.13. The Bertz CT molecular complexity index is 370. The van der Waals surface area contributed by atoms with Crippen molar-refractivity contribution in [1.82, 2.24) is 9.91 Å². The molecule has 0 bridgehead atoms. The Balaban J connectivity index is 3.06. The van der Waals surface area contributed by atoms with Crippen molar-refractivity contribution in [3.63, 3.8) is 0 Å². The minimum absolute atomic E-state index is 0.188. The van der Waals surface area contributed by atoms with Crippen LogP contribution in [-0.4, -0.2) is 47.7 Å². The van der Waals surface area contributed by atoms with Gasteiger partial charge in [0, 0.05) is 26.2 Å². The number of ether oxygens (including phenoxy) is 1. The molecule has 17 heavy (non-hydrogen) atoms. The first-order valence-electron chi connectivity index (χ1n) is 5.56. The monoisotopic (exact) mass is 238 g/mol. The fraction of sp³-hybridized carbons (Fsp3) is 0.545. The van der Waals surface area contributed by atoms with Crippen molar-refractivity contribution in [1.29, 1.82) is 0 Å². The number of hydrogen-bond donors (Lipinski definition) is 0. The molecule has 6 nitrogen and oxygen atoms in total. The molecule has 1 aliphatic heterocycles. The van der Waals surface area contributed by atoms with E-state index in [-0.39, 0.29) is 5.91 Å². The lowest BCUT2D eigenvalue weighted by Gasteiger charge is -2.22. The number of hydrogen-bond acceptors (Lipinski definition) is 5. The maximum atomic E-state index is 11.3. The van der Waals surface area contributed by atoms with Crippen molar-refractivity contribution in [2.24, 2.45) is 10.1 Å². The van der Waals surface area contributed by atoms with Gasteiger partial charge in [-0.2, -0.15) is 0 Å². The molecular weight excluding hydrogens is 220 g/mol. The first kappa shape index (κ1) is 13.2. The SMILES string of the molecule is CCN(CC)C1=NC=CN(C(C)=O)N=C1OC. The molecule has 0 radical (unpaired) electrons. The molecule has 0 aliphatic carbocycles. The van der Waals surface area contributed by atoms with Crippen LogP contribution in [0, 0.1) is 0 Å². The van der Waals surface area contributed by atoms with Crippen LogP contribution in [0.1, 0.15) is 20.8 Å². The van der Waals surface area contributed by atoms with Crippen LogP contribution in [-0.2, 0) is 9.53 Å². The molecule has 0 spiro atoms. The molecule has 0 N–H and O–H groups in total. The highest BCUT2D eigenvalue weighted by molar-refractivity contribution is 6.38. The number of rotatable bonds is 2. The summed E-state index contributed by atoms with van der Waals surface area (Å²) in [4.78, 5) is 17.5. The average molecular weight is 238 g/mol. The van der Waals surface area contributed by atoms with Crippen LogP contribution < -0.4 is 0 Å². The molecule has 0 fully saturated rings. The standard InChI is InChI=1S/C11H18N4O2/c1-5-14(6-2)10-11(17-4)13-15(9(3)16)8-7-12-10/h7-8H,5-6H2,1-4H3. The fourth-order valence-corrected chi connectivity index (χ4v) is 1.45. The van der Waals surface area contributed by atoms with Crippen LogP contribution in [0.5, 0.6) is 0 Å². The van der Waals surface area contributed by atoms with Gasteiger partial charge >= 0.3 is 0 Å². The second-order valence-electron chi connectivity index (χ2n) is 3.40.